The largest absolute Gasteiger partial charge is 0.353 e. The quantitative estimate of drug-likeness (QED) is 0.725. The predicted octanol–water partition coefficient (Wildman–Crippen LogP) is 2.52. The summed E-state index contributed by atoms with van der Waals surface area (Å²) < 4.78 is 22.6. The topological polar surface area (TPSA) is 109 Å². The van der Waals surface area contributed by atoms with Gasteiger partial charge in [0.25, 0.3) is 0 Å². The third kappa shape index (κ3) is 3.16. The Morgan fingerprint density at radius 2 is 2.12 bits per heavy atom. The normalized spacial score (nSPS) is 20.5. The molecule has 0 bridgehead atoms. The van der Waals surface area contributed by atoms with Crippen LogP contribution in [-0.4, -0.2) is 45.6 Å². The van der Waals surface area contributed by atoms with Gasteiger partial charge in [-0.05, 0) is 38.2 Å². The second-order valence-electron chi connectivity index (χ2n) is 6.97. The van der Waals surface area contributed by atoms with E-state index >= 15 is 0 Å². The van der Waals surface area contributed by atoms with Gasteiger partial charge in [-0.1, -0.05) is 6.92 Å². The molecule has 1 saturated heterocycles. The predicted molar refractivity (Wildman–Crippen MR) is 106 cm³/mol. The number of primary sulfonamides is 1. The Balaban J connectivity index is 0.000000269. The molecule has 2 aliphatic rings. The van der Waals surface area contributed by atoms with Crippen LogP contribution in [0.2, 0.25) is 0 Å². The van der Waals surface area contributed by atoms with E-state index < -0.39 is 10.0 Å². The van der Waals surface area contributed by atoms with E-state index in [1.165, 1.54) is 25.1 Å². The SMILES string of the molecule is CC[C@@H]1CCCN1c1cnc2cnc3[nH]ccc3n12.NS(=O)(=O)C1CC1.[HH].[HH]. The van der Waals surface area contributed by atoms with Gasteiger partial charge in [-0.15, -0.1) is 0 Å². The summed E-state index contributed by atoms with van der Waals surface area (Å²) >= 11 is 0. The van der Waals surface area contributed by atoms with Gasteiger partial charge in [-0.25, -0.2) is 23.5 Å². The Bertz CT molecular complexity index is 1030. The van der Waals surface area contributed by atoms with Crippen molar-refractivity contribution < 1.29 is 11.3 Å². The third-order valence-electron chi connectivity index (χ3n) is 5.16. The summed E-state index contributed by atoms with van der Waals surface area (Å²) in [6.07, 6.45) is 11.0. The van der Waals surface area contributed by atoms with Crippen LogP contribution in [-0.2, 0) is 10.0 Å². The number of nitrogens with one attached hydrogen (secondary N) is 1. The van der Waals surface area contributed by atoms with E-state index in [2.05, 4.69) is 37.2 Å². The number of anilines is 1. The van der Waals surface area contributed by atoms with Crippen LogP contribution >= 0.6 is 0 Å². The average molecular weight is 381 g/mol. The Morgan fingerprint density at radius 3 is 2.77 bits per heavy atom. The molecular formula is C17H28N6O2S. The highest BCUT2D eigenvalue weighted by molar-refractivity contribution is 7.90. The molecule has 9 heteroatoms. The molecule has 1 atom stereocenters. The molecule has 26 heavy (non-hydrogen) atoms. The number of H-pyrrole nitrogens is 1. The highest BCUT2D eigenvalue weighted by atomic mass is 32.2. The molecule has 4 heterocycles. The molecule has 2 fully saturated rings. The summed E-state index contributed by atoms with van der Waals surface area (Å²) in [5.41, 5.74) is 2.94. The average Bonchev–Trinajstić information content (AvgIpc) is 3.05. The molecule has 144 valence electrons. The first-order chi connectivity index (χ1) is 12.5. The lowest BCUT2D eigenvalue weighted by Crippen LogP contribution is -2.29. The molecule has 3 aromatic heterocycles. The van der Waals surface area contributed by atoms with Gasteiger partial charge in [0.05, 0.1) is 23.2 Å². The zero-order chi connectivity index (χ0) is 18.3. The molecule has 0 radical (unpaired) electrons. The number of aromatic nitrogens is 4. The molecule has 3 aromatic rings. The summed E-state index contributed by atoms with van der Waals surface area (Å²) in [5.74, 6) is 1.20. The van der Waals surface area contributed by atoms with Crippen molar-refractivity contribution in [3.8, 4) is 0 Å². The van der Waals surface area contributed by atoms with Crippen molar-refractivity contribution >= 4 is 32.7 Å². The summed E-state index contributed by atoms with van der Waals surface area (Å²) in [6, 6.07) is 2.71. The number of rotatable bonds is 3. The lowest BCUT2D eigenvalue weighted by atomic mass is 10.2. The highest BCUT2D eigenvalue weighted by Crippen LogP contribution is 2.29. The van der Waals surface area contributed by atoms with Crippen LogP contribution in [0.1, 0.15) is 41.9 Å². The van der Waals surface area contributed by atoms with Crippen molar-refractivity contribution in [2.75, 3.05) is 11.4 Å². The van der Waals surface area contributed by atoms with Crippen molar-refractivity contribution in [2.45, 2.75) is 50.3 Å². The minimum atomic E-state index is -3.13. The van der Waals surface area contributed by atoms with Crippen molar-refractivity contribution in [3.05, 3.63) is 24.7 Å². The van der Waals surface area contributed by atoms with E-state index in [9.17, 15) is 8.42 Å². The van der Waals surface area contributed by atoms with Gasteiger partial charge in [0.1, 0.15) is 5.82 Å². The minimum Gasteiger partial charge on any atom is -0.353 e. The van der Waals surface area contributed by atoms with E-state index in [0.29, 0.717) is 6.04 Å². The summed E-state index contributed by atoms with van der Waals surface area (Å²) in [4.78, 5) is 14.6. The number of nitrogens with zero attached hydrogens (tertiary/aromatic N) is 4. The number of fused-ring (bicyclic) bond motifs is 3. The zero-order valence-corrected chi connectivity index (χ0v) is 15.6. The van der Waals surface area contributed by atoms with Crippen LogP contribution in [0.15, 0.2) is 24.7 Å². The van der Waals surface area contributed by atoms with Crippen LogP contribution in [0.5, 0.6) is 0 Å². The molecule has 0 aromatic carbocycles. The lowest BCUT2D eigenvalue weighted by Gasteiger charge is -2.25. The number of sulfonamides is 1. The fourth-order valence-corrected chi connectivity index (χ4v) is 4.41. The second-order valence-corrected chi connectivity index (χ2v) is 8.81. The zero-order valence-electron chi connectivity index (χ0n) is 14.8. The second kappa shape index (κ2) is 6.55. The summed E-state index contributed by atoms with van der Waals surface area (Å²) in [5, 5.41) is 4.51. The Kier molecular flexibility index (Phi) is 4.36. The number of imidazole rings is 1. The van der Waals surface area contributed by atoms with Crippen LogP contribution in [0, 0.1) is 0 Å². The first kappa shape index (κ1) is 17.3. The van der Waals surface area contributed by atoms with Crippen molar-refractivity contribution in [2.24, 2.45) is 5.14 Å². The molecule has 1 aliphatic carbocycles. The molecular weight excluding hydrogens is 352 g/mol. The first-order valence-corrected chi connectivity index (χ1v) is 10.7. The van der Waals surface area contributed by atoms with Crippen LogP contribution in [0.3, 0.4) is 0 Å². The molecule has 0 spiro atoms. The van der Waals surface area contributed by atoms with Gasteiger partial charge >= 0.3 is 0 Å². The van der Waals surface area contributed by atoms with Gasteiger partial charge in [-0.2, -0.15) is 0 Å². The smallest absolute Gasteiger partial charge is 0.211 e. The molecule has 0 amide bonds. The molecule has 3 N–H and O–H groups in total. The maximum absolute atomic E-state index is 10.2. The van der Waals surface area contributed by atoms with Crippen molar-refractivity contribution in [1.29, 1.82) is 0 Å². The van der Waals surface area contributed by atoms with E-state index in [1.807, 2.05) is 18.6 Å². The lowest BCUT2D eigenvalue weighted by molar-refractivity contribution is 0.596. The molecule has 8 nitrogen and oxygen atoms in total. The van der Waals surface area contributed by atoms with Gasteiger partial charge < -0.3 is 9.88 Å². The number of hydrogen-bond donors (Lipinski definition) is 2. The van der Waals surface area contributed by atoms with Crippen LogP contribution < -0.4 is 10.0 Å². The fourth-order valence-electron chi connectivity index (χ4n) is 3.61. The van der Waals surface area contributed by atoms with Gasteiger partial charge in [0.15, 0.2) is 11.3 Å². The molecule has 1 aliphatic heterocycles. The fraction of sp³-hybridized carbons (Fsp3) is 0.529. The molecule has 5 rings (SSSR count). The highest BCUT2D eigenvalue weighted by Gasteiger charge is 2.32. The maximum atomic E-state index is 10.2. The Hall–Kier alpha value is -2.13. The molecule has 1 saturated carbocycles. The van der Waals surface area contributed by atoms with Crippen molar-refractivity contribution in [3.63, 3.8) is 0 Å². The standard InChI is InChI=1S/C14H17N5.C3H7NO2S.2H2/c1-2-10-4-3-7-18(10)13-9-16-12-8-17-14-11(19(12)13)5-6-15-14;4-7(5,6)3-1-2-3;;/h5-6,8-10,15H,2-4,7H2,1H3;3H,1-2H2,(H2,4,5,6);2*1H/t10-;;;/m1.../s1. The summed E-state index contributed by atoms with van der Waals surface area (Å²) in [7, 11) is -3.13. The minimum absolute atomic E-state index is 0. The van der Waals surface area contributed by atoms with Crippen LogP contribution in [0.4, 0.5) is 5.82 Å². The van der Waals surface area contributed by atoms with Crippen LogP contribution in [0.25, 0.3) is 16.8 Å². The monoisotopic (exact) mass is 380 g/mol. The van der Waals surface area contributed by atoms with Gasteiger partial charge in [0, 0.05) is 21.6 Å². The van der Waals surface area contributed by atoms with Gasteiger partial charge in [-0.3, -0.25) is 4.40 Å². The molecule has 0 unspecified atom stereocenters. The third-order valence-corrected chi connectivity index (χ3v) is 6.56. The number of nitrogens with two attached hydrogens (primary N) is 1. The number of hydrogen-bond acceptors (Lipinski definition) is 5. The maximum Gasteiger partial charge on any atom is 0.211 e. The van der Waals surface area contributed by atoms with E-state index in [-0.39, 0.29) is 8.10 Å². The Morgan fingerprint density at radius 1 is 1.31 bits per heavy atom. The number of aromatic amines is 1. The van der Waals surface area contributed by atoms with E-state index in [4.69, 9.17) is 5.14 Å². The van der Waals surface area contributed by atoms with Gasteiger partial charge in [0.2, 0.25) is 10.0 Å². The Labute approximate surface area is 155 Å². The van der Waals surface area contributed by atoms with Crippen molar-refractivity contribution in [1.82, 2.24) is 19.4 Å². The summed E-state index contributed by atoms with van der Waals surface area (Å²) in [6.45, 7) is 3.39. The van der Waals surface area contributed by atoms with E-state index in [1.54, 1.807) is 0 Å². The first-order valence-electron chi connectivity index (χ1n) is 9.07. The van der Waals surface area contributed by atoms with E-state index in [0.717, 1.165) is 36.2 Å².